The Bertz CT molecular complexity index is 2060. The lowest BCUT2D eigenvalue weighted by atomic mass is 10.0. The number of aromatic carboxylic acids is 1. The van der Waals surface area contributed by atoms with Gasteiger partial charge in [0.25, 0.3) is 0 Å². The zero-order valence-electron chi connectivity index (χ0n) is 23.8. The summed E-state index contributed by atoms with van der Waals surface area (Å²) in [6.07, 6.45) is 0.210. The SMILES string of the molecule is COCCn1c(Cc2ccc(-c3cccc(OCc4ccc(C#N)c5ccccc45)n3)cc2F)nc2ccc(C(=O)O)cc21. The Balaban J connectivity index is 1.23. The van der Waals surface area contributed by atoms with Crippen molar-refractivity contribution in [3.05, 3.63) is 125 Å². The van der Waals surface area contributed by atoms with Crippen molar-refractivity contribution >= 4 is 27.8 Å². The van der Waals surface area contributed by atoms with Gasteiger partial charge in [-0.2, -0.15) is 5.26 Å². The minimum absolute atomic E-state index is 0.155. The Morgan fingerprint density at radius 2 is 1.77 bits per heavy atom. The molecular weight excluding hydrogens is 559 g/mol. The molecule has 0 fully saturated rings. The fraction of sp³-hybridized carbons (Fsp3) is 0.143. The van der Waals surface area contributed by atoms with Crippen LogP contribution >= 0.6 is 0 Å². The lowest BCUT2D eigenvalue weighted by Crippen LogP contribution is -2.10. The van der Waals surface area contributed by atoms with E-state index in [1.165, 1.54) is 12.1 Å². The molecular formula is C35H27FN4O4. The number of pyridine rings is 1. The molecule has 6 rings (SSSR count). The van der Waals surface area contributed by atoms with Gasteiger partial charge in [-0.1, -0.05) is 48.5 Å². The Morgan fingerprint density at radius 3 is 2.55 bits per heavy atom. The van der Waals surface area contributed by atoms with Crippen LogP contribution in [0.2, 0.25) is 0 Å². The van der Waals surface area contributed by atoms with Crippen molar-refractivity contribution in [2.45, 2.75) is 19.6 Å². The molecule has 0 aliphatic heterocycles. The topological polar surface area (TPSA) is 110 Å². The van der Waals surface area contributed by atoms with Gasteiger partial charge in [0, 0.05) is 31.7 Å². The van der Waals surface area contributed by atoms with Gasteiger partial charge in [0.05, 0.1) is 40.5 Å². The molecule has 4 aromatic carbocycles. The number of carboxylic acid groups (broad SMARTS) is 1. The number of nitrogens with zero attached hydrogens (tertiary/aromatic N) is 4. The number of methoxy groups -OCH3 is 1. The first-order chi connectivity index (χ1) is 21.4. The molecule has 1 N–H and O–H groups in total. The van der Waals surface area contributed by atoms with E-state index in [0.717, 1.165) is 16.3 Å². The molecule has 6 aromatic rings. The van der Waals surface area contributed by atoms with E-state index >= 15 is 4.39 Å². The van der Waals surface area contributed by atoms with Crippen LogP contribution in [-0.2, 0) is 24.3 Å². The second kappa shape index (κ2) is 12.3. The molecule has 0 amide bonds. The van der Waals surface area contributed by atoms with Crippen molar-refractivity contribution in [3.63, 3.8) is 0 Å². The minimum atomic E-state index is -1.03. The molecule has 0 atom stereocenters. The van der Waals surface area contributed by atoms with Crippen molar-refractivity contribution in [1.29, 1.82) is 5.26 Å². The number of benzene rings is 4. The predicted octanol–water partition coefficient (Wildman–Crippen LogP) is 6.78. The number of fused-ring (bicyclic) bond motifs is 2. The Kier molecular flexibility index (Phi) is 8.00. The van der Waals surface area contributed by atoms with E-state index < -0.39 is 11.8 Å². The summed E-state index contributed by atoms with van der Waals surface area (Å²) in [4.78, 5) is 20.8. The molecule has 8 nitrogen and oxygen atoms in total. The van der Waals surface area contributed by atoms with Crippen LogP contribution in [0.15, 0.2) is 91.0 Å². The standard InChI is InChI=1S/C35H27FN4O4/c1-43-16-15-40-32-18-24(35(41)42)13-14-31(32)38-33(40)19-22-9-10-23(17-29(22)36)30-7-4-8-34(39-30)44-21-26-12-11-25(20-37)27-5-2-3-6-28(26)27/h2-14,17-18H,15-16,19,21H2,1H3,(H,41,42). The van der Waals surface area contributed by atoms with Crippen molar-refractivity contribution in [2.75, 3.05) is 13.7 Å². The third-order valence-corrected chi connectivity index (χ3v) is 7.52. The maximum atomic E-state index is 15.5. The monoisotopic (exact) mass is 586 g/mol. The number of imidazole rings is 1. The van der Waals surface area contributed by atoms with E-state index in [0.29, 0.717) is 58.3 Å². The first-order valence-electron chi connectivity index (χ1n) is 14.0. The van der Waals surface area contributed by atoms with Crippen LogP contribution in [0.4, 0.5) is 4.39 Å². The number of carbonyl (C=O) groups is 1. The van der Waals surface area contributed by atoms with Crippen LogP contribution < -0.4 is 4.74 Å². The Morgan fingerprint density at radius 1 is 0.955 bits per heavy atom. The molecule has 0 saturated heterocycles. The number of aromatic nitrogens is 3. The van der Waals surface area contributed by atoms with Crippen LogP contribution in [0.25, 0.3) is 33.1 Å². The molecule has 9 heteroatoms. The second-order valence-corrected chi connectivity index (χ2v) is 10.2. The highest BCUT2D eigenvalue weighted by Gasteiger charge is 2.16. The molecule has 0 aliphatic carbocycles. The van der Waals surface area contributed by atoms with Gasteiger partial charge >= 0.3 is 5.97 Å². The highest BCUT2D eigenvalue weighted by atomic mass is 19.1. The van der Waals surface area contributed by atoms with Crippen LogP contribution in [0.1, 0.15) is 32.9 Å². The van der Waals surface area contributed by atoms with Gasteiger partial charge in [-0.3, -0.25) is 0 Å². The van der Waals surface area contributed by atoms with Gasteiger partial charge < -0.3 is 19.1 Å². The van der Waals surface area contributed by atoms with Crippen molar-refractivity contribution in [3.8, 4) is 23.2 Å². The van der Waals surface area contributed by atoms with Crippen molar-refractivity contribution in [2.24, 2.45) is 0 Å². The summed E-state index contributed by atoms with van der Waals surface area (Å²) < 4.78 is 28.6. The second-order valence-electron chi connectivity index (χ2n) is 10.2. The van der Waals surface area contributed by atoms with Crippen LogP contribution in [-0.4, -0.2) is 39.3 Å². The van der Waals surface area contributed by atoms with Gasteiger partial charge in [-0.05, 0) is 58.3 Å². The summed E-state index contributed by atoms with van der Waals surface area (Å²) in [6.45, 7) is 1.09. The first-order valence-corrected chi connectivity index (χ1v) is 14.0. The average molecular weight is 587 g/mol. The summed E-state index contributed by atoms with van der Waals surface area (Å²) in [5.41, 5.74) is 4.58. The van der Waals surface area contributed by atoms with E-state index in [-0.39, 0.29) is 18.6 Å². The molecule has 0 bridgehead atoms. The smallest absolute Gasteiger partial charge is 0.335 e. The third kappa shape index (κ3) is 5.71. The van der Waals surface area contributed by atoms with Gasteiger partial charge in [-0.15, -0.1) is 0 Å². The Hall–Kier alpha value is -5.59. The molecule has 2 aromatic heterocycles. The molecule has 0 saturated carbocycles. The summed E-state index contributed by atoms with van der Waals surface area (Å²) in [7, 11) is 1.59. The van der Waals surface area contributed by atoms with Gasteiger partial charge in [-0.25, -0.2) is 19.2 Å². The van der Waals surface area contributed by atoms with E-state index in [2.05, 4.69) is 16.0 Å². The van der Waals surface area contributed by atoms with Crippen LogP contribution in [0, 0.1) is 17.1 Å². The molecule has 0 spiro atoms. The normalized spacial score (nSPS) is 11.1. The summed E-state index contributed by atoms with van der Waals surface area (Å²) in [5.74, 6) is -0.431. The summed E-state index contributed by atoms with van der Waals surface area (Å²) >= 11 is 0. The van der Waals surface area contributed by atoms with Crippen LogP contribution in [0.5, 0.6) is 5.88 Å². The number of hydrogen-bond acceptors (Lipinski definition) is 6. The number of ether oxygens (including phenoxy) is 2. The molecule has 44 heavy (non-hydrogen) atoms. The van der Waals surface area contributed by atoms with Crippen molar-refractivity contribution in [1.82, 2.24) is 14.5 Å². The number of rotatable bonds is 10. The van der Waals surface area contributed by atoms with Gasteiger partial charge in [0.2, 0.25) is 5.88 Å². The molecule has 218 valence electrons. The van der Waals surface area contributed by atoms with Crippen molar-refractivity contribution < 1.29 is 23.8 Å². The largest absolute Gasteiger partial charge is 0.478 e. The zero-order valence-corrected chi connectivity index (χ0v) is 23.8. The maximum absolute atomic E-state index is 15.5. The van der Waals surface area contributed by atoms with E-state index in [1.54, 1.807) is 43.5 Å². The summed E-state index contributed by atoms with van der Waals surface area (Å²) in [5, 5.41) is 20.7. The zero-order chi connectivity index (χ0) is 30.6. The van der Waals surface area contributed by atoms with E-state index in [4.69, 9.17) is 9.47 Å². The van der Waals surface area contributed by atoms with Gasteiger partial charge in [0.15, 0.2) is 0 Å². The number of nitriles is 1. The number of hydrogen-bond donors (Lipinski definition) is 1. The fourth-order valence-corrected chi connectivity index (χ4v) is 5.29. The quantitative estimate of drug-likeness (QED) is 0.188. The molecule has 0 unspecified atom stereocenters. The number of carboxylic acids is 1. The highest BCUT2D eigenvalue weighted by Crippen LogP contribution is 2.27. The highest BCUT2D eigenvalue weighted by molar-refractivity contribution is 5.92. The van der Waals surface area contributed by atoms with E-state index in [1.807, 2.05) is 47.0 Å². The van der Waals surface area contributed by atoms with E-state index in [9.17, 15) is 15.2 Å². The Labute approximate surface area is 252 Å². The van der Waals surface area contributed by atoms with Gasteiger partial charge in [0.1, 0.15) is 18.2 Å². The molecule has 0 aliphatic rings. The maximum Gasteiger partial charge on any atom is 0.335 e. The third-order valence-electron chi connectivity index (χ3n) is 7.52. The summed E-state index contributed by atoms with van der Waals surface area (Å²) in [6, 6.07) is 28.7. The first kappa shape index (κ1) is 28.5. The molecule has 0 radical (unpaired) electrons. The fourth-order valence-electron chi connectivity index (χ4n) is 5.29. The number of halogens is 1. The lowest BCUT2D eigenvalue weighted by molar-refractivity contribution is 0.0697. The minimum Gasteiger partial charge on any atom is -0.478 e. The predicted molar refractivity (Wildman–Crippen MR) is 164 cm³/mol. The molecule has 2 heterocycles. The van der Waals surface area contributed by atoms with Crippen LogP contribution in [0.3, 0.4) is 0 Å². The lowest BCUT2D eigenvalue weighted by Gasteiger charge is -2.12. The average Bonchev–Trinajstić information content (AvgIpc) is 3.39.